The molecule has 20 heavy (non-hydrogen) atoms. The van der Waals surface area contributed by atoms with Crippen LogP contribution in [0, 0.1) is 13.8 Å². The van der Waals surface area contributed by atoms with E-state index in [9.17, 15) is 23.1 Å². The number of quaternary nitrogens is 1. The van der Waals surface area contributed by atoms with E-state index >= 15 is 0 Å². The first kappa shape index (κ1) is 14.6. The van der Waals surface area contributed by atoms with Gasteiger partial charge >= 0.3 is 11.7 Å². The molecule has 4 nitrogen and oxygen atoms in total. The van der Waals surface area contributed by atoms with Crippen LogP contribution in [-0.2, 0) is 10.3 Å². The van der Waals surface area contributed by atoms with Gasteiger partial charge in [0.15, 0.2) is 0 Å². The number of carbonyl (C=O) groups is 1. The number of halogens is 3. The second-order valence-corrected chi connectivity index (χ2v) is 5.01. The molecule has 1 amide bonds. The number of benzene rings is 1. The van der Waals surface area contributed by atoms with E-state index in [0.29, 0.717) is 11.1 Å². The highest BCUT2D eigenvalue weighted by molar-refractivity contribution is 5.88. The van der Waals surface area contributed by atoms with E-state index in [2.05, 4.69) is 5.32 Å². The second-order valence-electron chi connectivity index (χ2n) is 5.01. The molecule has 1 aliphatic heterocycles. The predicted octanol–water partition coefficient (Wildman–Crippen LogP) is 0.460. The molecule has 0 spiro atoms. The largest absolute Gasteiger partial charge is 0.507 e. The fourth-order valence-electron chi connectivity index (χ4n) is 2.45. The van der Waals surface area contributed by atoms with E-state index in [1.165, 1.54) is 12.1 Å². The Labute approximate surface area is 114 Å². The fourth-order valence-corrected chi connectivity index (χ4v) is 2.45. The molecule has 0 saturated carbocycles. The quantitative estimate of drug-likeness (QED) is 0.703. The number of aromatic hydroxyl groups is 1. The van der Waals surface area contributed by atoms with Gasteiger partial charge in [-0.05, 0) is 37.1 Å². The van der Waals surface area contributed by atoms with Crippen LogP contribution in [0.25, 0.3) is 0 Å². The van der Waals surface area contributed by atoms with E-state index in [-0.39, 0.29) is 13.1 Å². The number of hydrogen-bond donors (Lipinski definition) is 3. The van der Waals surface area contributed by atoms with Crippen molar-refractivity contribution in [3.8, 4) is 5.75 Å². The smallest absolute Gasteiger partial charge is 0.459 e. The Morgan fingerprint density at radius 3 is 2.45 bits per heavy atom. The molecule has 110 valence electrons. The molecule has 1 atom stereocenters. The highest BCUT2D eigenvalue weighted by Gasteiger charge is 2.67. The van der Waals surface area contributed by atoms with Crippen molar-refractivity contribution in [1.29, 1.82) is 0 Å². The molecule has 1 unspecified atom stereocenters. The molecule has 1 heterocycles. The van der Waals surface area contributed by atoms with Crippen LogP contribution in [0.5, 0.6) is 5.75 Å². The van der Waals surface area contributed by atoms with Crippen LogP contribution in [0.3, 0.4) is 0 Å². The summed E-state index contributed by atoms with van der Waals surface area (Å²) in [7, 11) is 0. The van der Waals surface area contributed by atoms with Crippen LogP contribution >= 0.6 is 0 Å². The van der Waals surface area contributed by atoms with Crippen LogP contribution in [-0.4, -0.2) is 30.3 Å². The number of rotatable bonds is 1. The summed E-state index contributed by atoms with van der Waals surface area (Å²) in [6, 6.07) is 2.49. The topological polar surface area (TPSA) is 65.9 Å². The minimum atomic E-state index is -4.81. The van der Waals surface area contributed by atoms with Gasteiger partial charge in [-0.1, -0.05) is 0 Å². The molecule has 7 heteroatoms. The van der Waals surface area contributed by atoms with Gasteiger partial charge in [0, 0.05) is 0 Å². The van der Waals surface area contributed by atoms with Crippen molar-refractivity contribution in [3.05, 3.63) is 28.8 Å². The summed E-state index contributed by atoms with van der Waals surface area (Å²) in [6.45, 7) is 3.59. The number of nitrogens with one attached hydrogen (secondary N) is 1. The second kappa shape index (κ2) is 4.66. The van der Waals surface area contributed by atoms with Crippen LogP contribution in [0.4, 0.5) is 13.2 Å². The molecule has 4 N–H and O–H groups in total. The Balaban J connectivity index is 2.70. The monoisotopic (exact) mass is 289 g/mol. The zero-order valence-electron chi connectivity index (χ0n) is 11.1. The lowest BCUT2D eigenvalue weighted by Crippen LogP contribution is -3.04. The lowest BCUT2D eigenvalue weighted by Gasteiger charge is -2.35. The Hall–Kier alpha value is -1.76. The molecule has 1 aliphatic rings. The zero-order valence-corrected chi connectivity index (χ0v) is 11.1. The fraction of sp³-hybridized carbons (Fsp3) is 0.462. The van der Waals surface area contributed by atoms with Crippen LogP contribution < -0.4 is 10.6 Å². The minimum absolute atomic E-state index is 0.0949. The number of phenols is 1. The minimum Gasteiger partial charge on any atom is -0.507 e. The first-order valence-corrected chi connectivity index (χ1v) is 6.20. The first-order chi connectivity index (χ1) is 9.20. The van der Waals surface area contributed by atoms with Crippen molar-refractivity contribution in [2.45, 2.75) is 25.6 Å². The van der Waals surface area contributed by atoms with Crippen molar-refractivity contribution >= 4 is 5.91 Å². The van der Waals surface area contributed by atoms with Crippen molar-refractivity contribution in [1.82, 2.24) is 5.32 Å². The van der Waals surface area contributed by atoms with Crippen LogP contribution in [0.2, 0.25) is 0 Å². The summed E-state index contributed by atoms with van der Waals surface area (Å²) < 4.78 is 40.6. The summed E-state index contributed by atoms with van der Waals surface area (Å²) in [5, 5.41) is 13.1. The van der Waals surface area contributed by atoms with Gasteiger partial charge < -0.3 is 15.7 Å². The Morgan fingerprint density at radius 1 is 1.30 bits per heavy atom. The van der Waals surface area contributed by atoms with Gasteiger partial charge in [-0.25, -0.2) is 0 Å². The molecule has 0 aromatic heterocycles. The highest BCUT2D eigenvalue weighted by atomic mass is 19.4. The molecule has 1 aromatic carbocycles. The number of carbonyl (C=O) groups excluding carboxylic acids is 1. The van der Waals surface area contributed by atoms with E-state index in [4.69, 9.17) is 0 Å². The average molecular weight is 289 g/mol. The third-order valence-electron chi connectivity index (χ3n) is 3.72. The molecule has 2 rings (SSSR count). The van der Waals surface area contributed by atoms with Gasteiger partial charge in [0.1, 0.15) is 5.75 Å². The number of hydrogen-bond acceptors (Lipinski definition) is 2. The van der Waals surface area contributed by atoms with E-state index in [1.807, 2.05) is 0 Å². The van der Waals surface area contributed by atoms with E-state index < -0.39 is 28.9 Å². The van der Waals surface area contributed by atoms with Crippen molar-refractivity contribution in [3.63, 3.8) is 0 Å². The molecule has 1 aromatic rings. The maximum atomic E-state index is 13.5. The molecule has 0 radical (unpaired) electrons. The van der Waals surface area contributed by atoms with Crippen LogP contribution in [0.15, 0.2) is 12.1 Å². The van der Waals surface area contributed by atoms with Crippen molar-refractivity contribution in [2.24, 2.45) is 0 Å². The standard InChI is InChI=1S/C13H15F3N2O2/c1-7-5-9(10(19)6-8(7)2)12(13(14,15)16)11(20)17-3-4-18-12/h5-6,18-19H,3-4H2,1-2H3,(H,17,20)/p+1. The summed E-state index contributed by atoms with van der Waals surface area (Å²) in [6.07, 6.45) is -4.81. The number of aryl methyl sites for hydroxylation is 2. The normalized spacial score (nSPS) is 23.6. The van der Waals surface area contributed by atoms with Gasteiger partial charge in [-0.2, -0.15) is 13.2 Å². The number of amides is 1. The van der Waals surface area contributed by atoms with E-state index in [1.54, 1.807) is 13.8 Å². The summed E-state index contributed by atoms with van der Waals surface area (Å²) in [4.78, 5) is 11.9. The third kappa shape index (κ3) is 2.02. The first-order valence-electron chi connectivity index (χ1n) is 6.20. The maximum absolute atomic E-state index is 13.5. The van der Waals surface area contributed by atoms with Gasteiger partial charge in [-0.3, -0.25) is 4.79 Å². The Bertz CT molecular complexity index is 557. The number of phenolic OH excluding ortho intramolecular Hbond substituents is 1. The molecule has 1 saturated heterocycles. The van der Waals surface area contributed by atoms with Crippen LogP contribution in [0.1, 0.15) is 16.7 Å². The number of piperazine rings is 1. The maximum Gasteiger partial charge on any atom is 0.459 e. The number of nitrogens with two attached hydrogens (primary N) is 1. The SMILES string of the molecule is Cc1cc(O)c(C2(C(F)(F)F)[NH2+]CCNC2=O)cc1C. The van der Waals surface area contributed by atoms with E-state index in [0.717, 1.165) is 5.32 Å². The van der Waals surface area contributed by atoms with Gasteiger partial charge in [0.25, 0.3) is 5.91 Å². The Kier molecular flexibility index (Phi) is 3.41. The molecule has 1 fully saturated rings. The third-order valence-corrected chi connectivity index (χ3v) is 3.72. The summed E-state index contributed by atoms with van der Waals surface area (Å²) in [5.41, 5.74) is -1.94. The lowest BCUT2D eigenvalue weighted by molar-refractivity contribution is -0.750. The molecular formula is C13H16F3N2O2+. The Morgan fingerprint density at radius 2 is 1.90 bits per heavy atom. The zero-order chi connectivity index (χ0) is 15.1. The molecular weight excluding hydrogens is 273 g/mol. The van der Waals surface area contributed by atoms with Gasteiger partial charge in [-0.15, -0.1) is 0 Å². The average Bonchev–Trinajstić information content (AvgIpc) is 2.33. The summed E-state index contributed by atoms with van der Waals surface area (Å²) >= 11 is 0. The molecule has 0 bridgehead atoms. The predicted molar refractivity (Wildman–Crippen MR) is 65.1 cm³/mol. The van der Waals surface area contributed by atoms with Crippen molar-refractivity contribution < 1.29 is 28.4 Å². The van der Waals surface area contributed by atoms with Crippen molar-refractivity contribution in [2.75, 3.05) is 13.1 Å². The highest BCUT2D eigenvalue weighted by Crippen LogP contribution is 2.41. The van der Waals surface area contributed by atoms with Gasteiger partial charge in [0.2, 0.25) is 0 Å². The van der Waals surface area contributed by atoms with Gasteiger partial charge in [0.05, 0.1) is 18.7 Å². The summed E-state index contributed by atoms with van der Waals surface area (Å²) in [5.74, 6) is -1.66. The number of alkyl halides is 3. The lowest BCUT2D eigenvalue weighted by atomic mass is 9.84. The molecule has 0 aliphatic carbocycles.